The summed E-state index contributed by atoms with van der Waals surface area (Å²) in [7, 11) is 7.33. The van der Waals surface area contributed by atoms with Crippen LogP contribution >= 0.6 is 0 Å². The van der Waals surface area contributed by atoms with Crippen LogP contribution in [0.1, 0.15) is 25.3 Å². The molecule has 4 nitrogen and oxygen atoms in total. The minimum atomic E-state index is -0.352. The van der Waals surface area contributed by atoms with Crippen LogP contribution in [0, 0.1) is 0 Å². The Morgan fingerprint density at radius 3 is 2.22 bits per heavy atom. The van der Waals surface area contributed by atoms with Gasteiger partial charge in [0.2, 0.25) is 0 Å². The Hall–Kier alpha value is -1.71. The molecular formula is C14H22N2O2. The number of carbonyl (C=O) groups excluding carboxylic acids is 1. The van der Waals surface area contributed by atoms with Crippen molar-refractivity contribution < 1.29 is 9.53 Å². The maximum atomic E-state index is 11.6. The van der Waals surface area contributed by atoms with Gasteiger partial charge in [0.05, 0.1) is 0 Å². The molecule has 18 heavy (non-hydrogen) atoms. The van der Waals surface area contributed by atoms with Crippen molar-refractivity contribution in [2.45, 2.75) is 19.8 Å². The zero-order chi connectivity index (χ0) is 13.9. The summed E-state index contributed by atoms with van der Waals surface area (Å²) in [5, 5.41) is 0. The monoisotopic (exact) mass is 250 g/mol. The Labute approximate surface area is 109 Å². The lowest BCUT2D eigenvalue weighted by Gasteiger charge is -2.19. The molecule has 1 aromatic carbocycles. The molecule has 0 aliphatic carbocycles. The quantitative estimate of drug-likeness (QED) is 0.827. The first kappa shape index (κ1) is 14.4. The van der Waals surface area contributed by atoms with Crippen molar-refractivity contribution in [1.29, 1.82) is 0 Å². The molecule has 4 heteroatoms. The number of hydrogen-bond acceptors (Lipinski definition) is 3. The lowest BCUT2D eigenvalue weighted by molar-refractivity contribution is 0.171. The summed E-state index contributed by atoms with van der Waals surface area (Å²) in [6.07, 6.45) is -0.352. The number of carbonyl (C=O) groups is 1. The number of benzene rings is 1. The van der Waals surface area contributed by atoms with Crippen LogP contribution in [0.15, 0.2) is 18.2 Å². The average molecular weight is 250 g/mol. The van der Waals surface area contributed by atoms with E-state index in [9.17, 15) is 4.79 Å². The van der Waals surface area contributed by atoms with Gasteiger partial charge in [-0.2, -0.15) is 0 Å². The van der Waals surface area contributed by atoms with E-state index in [0.29, 0.717) is 11.7 Å². The van der Waals surface area contributed by atoms with Crippen molar-refractivity contribution in [3.05, 3.63) is 23.8 Å². The van der Waals surface area contributed by atoms with Gasteiger partial charge in [-0.05, 0) is 29.7 Å². The van der Waals surface area contributed by atoms with Crippen LogP contribution in [0.5, 0.6) is 5.75 Å². The Kier molecular flexibility index (Phi) is 4.59. The maximum Gasteiger partial charge on any atom is 0.414 e. The van der Waals surface area contributed by atoms with Gasteiger partial charge in [-0.3, -0.25) is 0 Å². The summed E-state index contributed by atoms with van der Waals surface area (Å²) in [5.74, 6) is 0.934. The molecule has 0 saturated heterocycles. The van der Waals surface area contributed by atoms with Crippen LogP contribution in [0.2, 0.25) is 0 Å². The molecule has 0 saturated carbocycles. The fraction of sp³-hybridized carbons (Fsp3) is 0.500. The molecule has 1 amide bonds. The highest BCUT2D eigenvalue weighted by molar-refractivity contribution is 5.71. The number of rotatable bonds is 3. The highest BCUT2D eigenvalue weighted by Crippen LogP contribution is 2.30. The van der Waals surface area contributed by atoms with Crippen molar-refractivity contribution in [2.24, 2.45) is 0 Å². The average Bonchev–Trinajstić information content (AvgIpc) is 2.28. The van der Waals surface area contributed by atoms with E-state index in [1.54, 1.807) is 14.1 Å². The predicted molar refractivity (Wildman–Crippen MR) is 74.6 cm³/mol. The predicted octanol–water partition coefficient (Wildman–Crippen LogP) is 2.94. The van der Waals surface area contributed by atoms with E-state index in [2.05, 4.69) is 19.9 Å². The second kappa shape index (κ2) is 5.76. The standard InChI is InChI=1S/C14H22N2O2/c1-10(2)12-9-11(15(3)4)7-8-13(12)18-14(17)16(5)6/h7-10H,1-6H3. The fourth-order valence-electron chi connectivity index (χ4n) is 1.54. The van der Waals surface area contributed by atoms with E-state index >= 15 is 0 Å². The summed E-state index contributed by atoms with van der Waals surface area (Å²) < 4.78 is 5.37. The first-order valence-electron chi connectivity index (χ1n) is 6.03. The van der Waals surface area contributed by atoms with E-state index in [1.807, 2.05) is 31.1 Å². The minimum absolute atomic E-state index is 0.301. The van der Waals surface area contributed by atoms with Gasteiger partial charge in [0, 0.05) is 33.9 Å². The lowest BCUT2D eigenvalue weighted by Crippen LogP contribution is -2.25. The molecule has 0 aliphatic heterocycles. The number of ether oxygens (including phenoxy) is 1. The van der Waals surface area contributed by atoms with Gasteiger partial charge >= 0.3 is 6.09 Å². The van der Waals surface area contributed by atoms with E-state index in [0.717, 1.165) is 11.3 Å². The molecule has 1 aromatic rings. The smallest absolute Gasteiger partial charge is 0.410 e. The highest BCUT2D eigenvalue weighted by atomic mass is 16.6. The molecule has 0 atom stereocenters. The van der Waals surface area contributed by atoms with Gasteiger partial charge in [-0.15, -0.1) is 0 Å². The van der Waals surface area contributed by atoms with Crippen molar-refractivity contribution in [1.82, 2.24) is 4.90 Å². The molecular weight excluding hydrogens is 228 g/mol. The largest absolute Gasteiger partial charge is 0.414 e. The van der Waals surface area contributed by atoms with E-state index in [1.165, 1.54) is 4.90 Å². The summed E-state index contributed by atoms with van der Waals surface area (Å²) in [4.78, 5) is 15.1. The Morgan fingerprint density at radius 2 is 1.78 bits per heavy atom. The first-order chi connectivity index (χ1) is 8.32. The van der Waals surface area contributed by atoms with E-state index < -0.39 is 0 Å². The third-order valence-corrected chi connectivity index (χ3v) is 2.69. The molecule has 0 aromatic heterocycles. The molecule has 0 radical (unpaired) electrons. The Balaban J connectivity index is 3.08. The van der Waals surface area contributed by atoms with E-state index in [-0.39, 0.29) is 6.09 Å². The van der Waals surface area contributed by atoms with Gasteiger partial charge < -0.3 is 14.5 Å². The van der Waals surface area contributed by atoms with Crippen LogP contribution < -0.4 is 9.64 Å². The summed E-state index contributed by atoms with van der Waals surface area (Å²) >= 11 is 0. The van der Waals surface area contributed by atoms with Gasteiger partial charge in [0.15, 0.2) is 0 Å². The SMILES string of the molecule is CC(C)c1cc(N(C)C)ccc1OC(=O)N(C)C. The Bertz CT molecular complexity index is 426. The molecule has 0 spiro atoms. The highest BCUT2D eigenvalue weighted by Gasteiger charge is 2.14. The fourth-order valence-corrected chi connectivity index (χ4v) is 1.54. The van der Waals surface area contributed by atoms with Crippen LogP contribution in [-0.2, 0) is 0 Å². The molecule has 1 rings (SSSR count). The zero-order valence-electron chi connectivity index (χ0n) is 12.0. The van der Waals surface area contributed by atoms with Gasteiger partial charge in [0.1, 0.15) is 5.75 Å². The number of amides is 1. The topological polar surface area (TPSA) is 32.8 Å². The normalized spacial score (nSPS) is 10.4. The molecule has 0 heterocycles. The molecule has 0 aliphatic rings. The van der Waals surface area contributed by atoms with Gasteiger partial charge in [-0.25, -0.2) is 4.79 Å². The third-order valence-electron chi connectivity index (χ3n) is 2.69. The molecule has 0 bridgehead atoms. The van der Waals surface area contributed by atoms with Crippen LogP contribution in [0.25, 0.3) is 0 Å². The lowest BCUT2D eigenvalue weighted by atomic mass is 10.0. The summed E-state index contributed by atoms with van der Waals surface area (Å²) in [6.45, 7) is 4.17. The molecule has 0 fully saturated rings. The van der Waals surface area contributed by atoms with E-state index in [4.69, 9.17) is 4.74 Å². The zero-order valence-corrected chi connectivity index (χ0v) is 12.0. The number of hydrogen-bond donors (Lipinski definition) is 0. The van der Waals surface area contributed by atoms with Crippen LogP contribution in [0.4, 0.5) is 10.5 Å². The first-order valence-corrected chi connectivity index (χ1v) is 6.03. The second-order valence-electron chi connectivity index (χ2n) is 5.03. The Morgan fingerprint density at radius 1 is 1.17 bits per heavy atom. The van der Waals surface area contributed by atoms with Gasteiger partial charge in [-0.1, -0.05) is 13.8 Å². The van der Waals surface area contributed by atoms with Crippen LogP contribution in [0.3, 0.4) is 0 Å². The van der Waals surface area contributed by atoms with Gasteiger partial charge in [0.25, 0.3) is 0 Å². The van der Waals surface area contributed by atoms with Crippen molar-refractivity contribution in [3.8, 4) is 5.75 Å². The minimum Gasteiger partial charge on any atom is -0.410 e. The molecule has 0 N–H and O–H groups in total. The third kappa shape index (κ3) is 3.39. The molecule has 100 valence electrons. The number of anilines is 1. The summed E-state index contributed by atoms with van der Waals surface area (Å²) in [5.41, 5.74) is 2.14. The van der Waals surface area contributed by atoms with Crippen LogP contribution in [-0.4, -0.2) is 39.2 Å². The second-order valence-corrected chi connectivity index (χ2v) is 5.03. The van der Waals surface area contributed by atoms with Crippen molar-refractivity contribution in [3.63, 3.8) is 0 Å². The summed E-state index contributed by atoms with van der Waals surface area (Å²) in [6, 6.07) is 5.86. The maximum absolute atomic E-state index is 11.6. The van der Waals surface area contributed by atoms with Crippen molar-refractivity contribution in [2.75, 3.05) is 33.1 Å². The van der Waals surface area contributed by atoms with Crippen molar-refractivity contribution >= 4 is 11.8 Å². The number of nitrogens with zero attached hydrogens (tertiary/aromatic N) is 2. The molecule has 0 unspecified atom stereocenters.